The van der Waals surface area contributed by atoms with Crippen molar-refractivity contribution < 1.29 is 19.7 Å². The molecule has 0 bridgehead atoms. The summed E-state index contributed by atoms with van der Waals surface area (Å²) in [6.45, 7) is 0. The molecule has 0 saturated heterocycles. The van der Waals surface area contributed by atoms with Crippen LogP contribution in [0, 0.1) is 0 Å². The van der Waals surface area contributed by atoms with E-state index in [2.05, 4.69) is 15.9 Å². The van der Waals surface area contributed by atoms with Gasteiger partial charge in [-0.25, -0.2) is 0 Å². The summed E-state index contributed by atoms with van der Waals surface area (Å²) < 4.78 is 11.6. The monoisotopic (exact) mass is 350 g/mol. The molecule has 0 radical (unpaired) electrons. The SMILES string of the molecule is COc1cccc2c1-c1c(OC)ccc(Br)c1[C@@H](O)[C@@H]2O. The number of aliphatic hydroxyl groups excluding tert-OH is 2. The molecule has 0 fully saturated rings. The summed E-state index contributed by atoms with van der Waals surface area (Å²) in [4.78, 5) is 0. The minimum Gasteiger partial charge on any atom is -0.496 e. The van der Waals surface area contributed by atoms with Crippen molar-refractivity contribution in [3.8, 4) is 22.6 Å². The fourth-order valence-electron chi connectivity index (χ4n) is 2.85. The van der Waals surface area contributed by atoms with Gasteiger partial charge in [0.05, 0.1) is 14.2 Å². The van der Waals surface area contributed by atoms with E-state index in [1.165, 1.54) is 0 Å². The van der Waals surface area contributed by atoms with Gasteiger partial charge in [0, 0.05) is 21.2 Å². The molecular formula is C16H15BrO4. The molecule has 0 unspecified atom stereocenters. The first-order chi connectivity index (χ1) is 10.1. The molecule has 4 nitrogen and oxygen atoms in total. The highest BCUT2D eigenvalue weighted by atomic mass is 79.9. The zero-order valence-corrected chi connectivity index (χ0v) is 13.2. The highest BCUT2D eigenvalue weighted by Gasteiger charge is 2.36. The Bertz CT molecular complexity index is 699. The number of hydrogen-bond donors (Lipinski definition) is 2. The van der Waals surface area contributed by atoms with Gasteiger partial charge in [0.25, 0.3) is 0 Å². The number of hydrogen-bond acceptors (Lipinski definition) is 4. The maximum Gasteiger partial charge on any atom is 0.127 e. The largest absolute Gasteiger partial charge is 0.496 e. The summed E-state index contributed by atoms with van der Waals surface area (Å²) in [5, 5.41) is 20.9. The molecule has 2 aromatic carbocycles. The number of benzene rings is 2. The average Bonchev–Trinajstić information content (AvgIpc) is 2.51. The van der Waals surface area contributed by atoms with Crippen LogP contribution in [-0.2, 0) is 0 Å². The van der Waals surface area contributed by atoms with Crippen molar-refractivity contribution in [1.82, 2.24) is 0 Å². The molecule has 2 N–H and O–H groups in total. The van der Waals surface area contributed by atoms with Crippen LogP contribution in [0.5, 0.6) is 11.5 Å². The Morgan fingerprint density at radius 3 is 2.24 bits per heavy atom. The lowest BCUT2D eigenvalue weighted by molar-refractivity contribution is 0.0150. The fraction of sp³-hybridized carbons (Fsp3) is 0.250. The predicted octanol–water partition coefficient (Wildman–Crippen LogP) is 3.21. The van der Waals surface area contributed by atoms with Crippen molar-refractivity contribution in [3.63, 3.8) is 0 Å². The second-order valence-corrected chi connectivity index (χ2v) is 5.71. The Hall–Kier alpha value is -1.56. The van der Waals surface area contributed by atoms with E-state index < -0.39 is 12.2 Å². The number of aliphatic hydroxyl groups is 2. The maximum atomic E-state index is 10.5. The van der Waals surface area contributed by atoms with Crippen molar-refractivity contribution >= 4 is 15.9 Å². The van der Waals surface area contributed by atoms with Crippen LogP contribution in [0.25, 0.3) is 11.1 Å². The summed E-state index contributed by atoms with van der Waals surface area (Å²) in [7, 11) is 3.16. The lowest BCUT2D eigenvalue weighted by Gasteiger charge is -2.32. The molecule has 21 heavy (non-hydrogen) atoms. The van der Waals surface area contributed by atoms with Crippen LogP contribution >= 0.6 is 15.9 Å². The normalized spacial score (nSPS) is 19.7. The van der Waals surface area contributed by atoms with E-state index in [0.717, 1.165) is 15.6 Å². The van der Waals surface area contributed by atoms with Gasteiger partial charge in [0.2, 0.25) is 0 Å². The van der Waals surface area contributed by atoms with Crippen LogP contribution in [-0.4, -0.2) is 24.4 Å². The van der Waals surface area contributed by atoms with E-state index in [9.17, 15) is 10.2 Å². The second-order valence-electron chi connectivity index (χ2n) is 4.85. The Labute approximate surface area is 131 Å². The van der Waals surface area contributed by atoms with E-state index in [0.29, 0.717) is 22.6 Å². The topological polar surface area (TPSA) is 58.9 Å². The van der Waals surface area contributed by atoms with Crippen LogP contribution in [0.1, 0.15) is 23.3 Å². The van der Waals surface area contributed by atoms with Gasteiger partial charge in [-0.3, -0.25) is 0 Å². The van der Waals surface area contributed by atoms with E-state index in [1.54, 1.807) is 32.4 Å². The molecule has 0 heterocycles. The smallest absolute Gasteiger partial charge is 0.127 e. The number of rotatable bonds is 2. The van der Waals surface area contributed by atoms with E-state index in [4.69, 9.17) is 9.47 Å². The van der Waals surface area contributed by atoms with Gasteiger partial charge in [-0.1, -0.05) is 28.1 Å². The van der Waals surface area contributed by atoms with Crippen LogP contribution in [0.2, 0.25) is 0 Å². The average molecular weight is 351 g/mol. The third kappa shape index (κ3) is 2.04. The second kappa shape index (κ2) is 5.33. The van der Waals surface area contributed by atoms with Crippen molar-refractivity contribution in [3.05, 3.63) is 45.9 Å². The number of ether oxygens (including phenoxy) is 2. The predicted molar refractivity (Wildman–Crippen MR) is 82.6 cm³/mol. The number of halogens is 1. The minimum atomic E-state index is -1.02. The molecular weight excluding hydrogens is 336 g/mol. The molecule has 0 amide bonds. The van der Waals surface area contributed by atoms with E-state index >= 15 is 0 Å². The van der Waals surface area contributed by atoms with Crippen LogP contribution in [0.4, 0.5) is 0 Å². The number of methoxy groups -OCH3 is 2. The highest BCUT2D eigenvalue weighted by molar-refractivity contribution is 9.10. The third-order valence-electron chi connectivity index (χ3n) is 3.82. The van der Waals surface area contributed by atoms with Gasteiger partial charge < -0.3 is 19.7 Å². The molecule has 0 aliphatic heterocycles. The standard InChI is InChI=1S/C16H15BrO4/c1-20-10-5-3-4-8-12(10)14-11(21-2)7-6-9(17)13(14)16(19)15(8)18/h3-7,15-16,18-19H,1-2H3/t15-,16-/m1/s1. The van der Waals surface area contributed by atoms with Crippen LogP contribution in [0.15, 0.2) is 34.8 Å². The maximum absolute atomic E-state index is 10.5. The summed E-state index contributed by atoms with van der Waals surface area (Å²) in [6.07, 6.45) is -2.03. The van der Waals surface area contributed by atoms with Gasteiger partial charge in [0.1, 0.15) is 23.7 Å². The first kappa shape index (κ1) is 14.4. The molecule has 110 valence electrons. The fourth-order valence-corrected chi connectivity index (χ4v) is 3.42. The Morgan fingerprint density at radius 1 is 0.905 bits per heavy atom. The van der Waals surface area contributed by atoms with Crippen molar-refractivity contribution in [2.45, 2.75) is 12.2 Å². The molecule has 2 atom stereocenters. The van der Waals surface area contributed by atoms with Crippen molar-refractivity contribution in [1.29, 1.82) is 0 Å². The molecule has 3 rings (SSSR count). The van der Waals surface area contributed by atoms with Gasteiger partial charge in [0.15, 0.2) is 0 Å². The summed E-state index contributed by atoms with van der Waals surface area (Å²) >= 11 is 3.44. The Balaban J connectivity index is 2.44. The first-order valence-electron chi connectivity index (χ1n) is 6.50. The lowest BCUT2D eigenvalue weighted by atomic mass is 9.81. The molecule has 1 aliphatic rings. The van der Waals surface area contributed by atoms with Gasteiger partial charge in [-0.2, -0.15) is 0 Å². The van der Waals surface area contributed by atoms with Crippen molar-refractivity contribution in [2.24, 2.45) is 0 Å². The molecule has 0 spiro atoms. The summed E-state index contributed by atoms with van der Waals surface area (Å²) in [6, 6.07) is 9.03. The molecule has 0 saturated carbocycles. The zero-order valence-electron chi connectivity index (χ0n) is 11.6. The molecule has 1 aliphatic carbocycles. The van der Waals surface area contributed by atoms with E-state index in [1.807, 2.05) is 12.1 Å². The van der Waals surface area contributed by atoms with Gasteiger partial charge in [-0.05, 0) is 23.8 Å². The van der Waals surface area contributed by atoms with E-state index in [-0.39, 0.29) is 0 Å². The van der Waals surface area contributed by atoms with Crippen LogP contribution in [0.3, 0.4) is 0 Å². The van der Waals surface area contributed by atoms with Crippen LogP contribution < -0.4 is 9.47 Å². The molecule has 5 heteroatoms. The lowest BCUT2D eigenvalue weighted by Crippen LogP contribution is -2.19. The quantitative estimate of drug-likeness (QED) is 0.872. The minimum absolute atomic E-state index is 0.610. The Kier molecular flexibility index (Phi) is 3.65. The molecule has 2 aromatic rings. The van der Waals surface area contributed by atoms with Gasteiger partial charge in [-0.15, -0.1) is 0 Å². The highest BCUT2D eigenvalue weighted by Crippen LogP contribution is 2.53. The number of fused-ring (bicyclic) bond motifs is 3. The third-order valence-corrected chi connectivity index (χ3v) is 4.51. The summed E-state index contributed by atoms with van der Waals surface area (Å²) in [5.41, 5.74) is 2.74. The summed E-state index contributed by atoms with van der Waals surface area (Å²) in [5.74, 6) is 1.26. The van der Waals surface area contributed by atoms with Crippen molar-refractivity contribution in [2.75, 3.05) is 14.2 Å². The Morgan fingerprint density at radius 2 is 1.57 bits per heavy atom. The zero-order chi connectivity index (χ0) is 15.1. The van der Waals surface area contributed by atoms with Gasteiger partial charge >= 0.3 is 0 Å². The first-order valence-corrected chi connectivity index (χ1v) is 7.29. The molecule has 0 aromatic heterocycles.